The number of amides is 2. The van der Waals surface area contributed by atoms with E-state index < -0.39 is 35.0 Å². The van der Waals surface area contributed by atoms with Crippen LogP contribution in [0.2, 0.25) is 0 Å². The van der Waals surface area contributed by atoms with E-state index in [1.807, 2.05) is 0 Å². The van der Waals surface area contributed by atoms with Gasteiger partial charge in [-0.1, -0.05) is 6.07 Å². The van der Waals surface area contributed by atoms with E-state index in [0.29, 0.717) is 24.7 Å². The largest absolute Gasteiger partial charge is 0.347 e. The van der Waals surface area contributed by atoms with Gasteiger partial charge in [-0.3, -0.25) is 14.6 Å². The van der Waals surface area contributed by atoms with E-state index in [1.165, 1.54) is 11.1 Å². The number of nitrogens with one attached hydrogen (secondary N) is 1. The molecule has 5 nitrogen and oxygen atoms in total. The van der Waals surface area contributed by atoms with Gasteiger partial charge in [0.1, 0.15) is 5.69 Å². The molecule has 25 heavy (non-hydrogen) atoms. The Bertz CT molecular complexity index is 814. The molecule has 2 heterocycles. The third-order valence-electron chi connectivity index (χ3n) is 3.97. The standard InChI is InChI=1S/C17H14F3N3O2/c18-12-5-4-11(14(19)15(12)20)16(24)22-10-6-8-23(9-10)17(25)13-3-1-2-7-21-13/h1-5,7,10H,6,8-9H2,(H,22,24). The van der Waals surface area contributed by atoms with Gasteiger partial charge in [0.25, 0.3) is 11.8 Å². The molecule has 0 bridgehead atoms. The molecule has 2 aromatic rings. The Kier molecular flexibility index (Phi) is 4.69. The molecule has 1 aromatic heterocycles. The van der Waals surface area contributed by atoms with E-state index >= 15 is 0 Å². The summed E-state index contributed by atoms with van der Waals surface area (Å²) in [5, 5.41) is 2.54. The third kappa shape index (κ3) is 3.47. The number of carbonyl (C=O) groups excluding carboxylic acids is 2. The number of rotatable bonds is 3. The molecule has 0 aliphatic carbocycles. The molecule has 1 aliphatic heterocycles. The van der Waals surface area contributed by atoms with Crippen molar-refractivity contribution in [2.45, 2.75) is 12.5 Å². The van der Waals surface area contributed by atoms with Crippen LogP contribution in [0.1, 0.15) is 27.3 Å². The summed E-state index contributed by atoms with van der Waals surface area (Å²) < 4.78 is 39.8. The first kappa shape index (κ1) is 16.9. The number of nitrogens with zero attached hydrogens (tertiary/aromatic N) is 2. The molecule has 0 spiro atoms. The van der Waals surface area contributed by atoms with Gasteiger partial charge in [-0.2, -0.15) is 0 Å². The van der Waals surface area contributed by atoms with E-state index in [-0.39, 0.29) is 12.5 Å². The highest BCUT2D eigenvalue weighted by molar-refractivity contribution is 5.95. The molecule has 1 atom stereocenters. The van der Waals surface area contributed by atoms with Crippen molar-refractivity contribution in [2.75, 3.05) is 13.1 Å². The highest BCUT2D eigenvalue weighted by Crippen LogP contribution is 2.17. The van der Waals surface area contributed by atoms with E-state index in [9.17, 15) is 22.8 Å². The Morgan fingerprint density at radius 1 is 1.12 bits per heavy atom. The Balaban J connectivity index is 1.64. The van der Waals surface area contributed by atoms with Gasteiger partial charge in [-0.25, -0.2) is 13.2 Å². The zero-order chi connectivity index (χ0) is 18.0. The fraction of sp³-hybridized carbons (Fsp3) is 0.235. The van der Waals surface area contributed by atoms with Crippen molar-refractivity contribution in [3.05, 3.63) is 65.2 Å². The number of likely N-dealkylation sites (tertiary alicyclic amines) is 1. The molecule has 2 amide bonds. The second-order valence-electron chi connectivity index (χ2n) is 5.65. The van der Waals surface area contributed by atoms with Gasteiger partial charge in [0, 0.05) is 25.3 Å². The van der Waals surface area contributed by atoms with Gasteiger partial charge in [-0.05, 0) is 30.7 Å². The summed E-state index contributed by atoms with van der Waals surface area (Å²) in [6.07, 6.45) is 1.98. The van der Waals surface area contributed by atoms with Crippen molar-refractivity contribution < 1.29 is 22.8 Å². The topological polar surface area (TPSA) is 62.3 Å². The lowest BCUT2D eigenvalue weighted by molar-refractivity contribution is 0.0777. The lowest BCUT2D eigenvalue weighted by atomic mass is 10.1. The first-order valence-electron chi connectivity index (χ1n) is 7.62. The lowest BCUT2D eigenvalue weighted by Gasteiger charge is -2.17. The predicted molar refractivity (Wildman–Crippen MR) is 82.3 cm³/mol. The number of pyridine rings is 1. The lowest BCUT2D eigenvalue weighted by Crippen LogP contribution is -2.39. The molecule has 1 fully saturated rings. The Morgan fingerprint density at radius 2 is 1.92 bits per heavy atom. The van der Waals surface area contributed by atoms with Gasteiger partial charge in [0.15, 0.2) is 17.5 Å². The number of hydrogen-bond donors (Lipinski definition) is 1. The average Bonchev–Trinajstić information content (AvgIpc) is 3.08. The summed E-state index contributed by atoms with van der Waals surface area (Å²) in [6, 6.07) is 6.15. The molecule has 0 saturated carbocycles. The van der Waals surface area contributed by atoms with Gasteiger partial charge in [0.2, 0.25) is 0 Å². The summed E-state index contributed by atoms with van der Waals surface area (Å²) in [5.74, 6) is -5.70. The molecule has 0 radical (unpaired) electrons. The summed E-state index contributed by atoms with van der Waals surface area (Å²) in [5.41, 5.74) is -0.283. The van der Waals surface area contributed by atoms with E-state index in [0.717, 1.165) is 6.07 Å². The van der Waals surface area contributed by atoms with Crippen molar-refractivity contribution >= 4 is 11.8 Å². The summed E-state index contributed by atoms with van der Waals surface area (Å²) >= 11 is 0. The second-order valence-corrected chi connectivity index (χ2v) is 5.65. The summed E-state index contributed by atoms with van der Waals surface area (Å²) in [7, 11) is 0. The van der Waals surface area contributed by atoms with E-state index in [2.05, 4.69) is 10.3 Å². The van der Waals surface area contributed by atoms with Crippen LogP contribution in [0.3, 0.4) is 0 Å². The minimum atomic E-state index is -1.69. The van der Waals surface area contributed by atoms with Crippen LogP contribution in [0, 0.1) is 17.5 Å². The maximum atomic E-state index is 13.7. The van der Waals surface area contributed by atoms with Crippen LogP contribution < -0.4 is 5.32 Å². The summed E-state index contributed by atoms with van der Waals surface area (Å²) in [6.45, 7) is 0.632. The van der Waals surface area contributed by atoms with E-state index in [1.54, 1.807) is 18.2 Å². The number of halogens is 3. The van der Waals surface area contributed by atoms with Crippen molar-refractivity contribution in [2.24, 2.45) is 0 Å². The first-order valence-corrected chi connectivity index (χ1v) is 7.62. The van der Waals surface area contributed by atoms with Gasteiger partial charge >= 0.3 is 0 Å². The number of benzene rings is 1. The SMILES string of the molecule is O=C(NC1CCN(C(=O)c2ccccn2)C1)c1ccc(F)c(F)c1F. The van der Waals surface area contributed by atoms with Gasteiger partial charge < -0.3 is 10.2 Å². The Labute approximate surface area is 141 Å². The van der Waals surface area contributed by atoms with Crippen LogP contribution in [0.25, 0.3) is 0 Å². The van der Waals surface area contributed by atoms with E-state index in [4.69, 9.17) is 0 Å². The highest BCUT2D eigenvalue weighted by atomic mass is 19.2. The third-order valence-corrected chi connectivity index (χ3v) is 3.97. The zero-order valence-electron chi connectivity index (χ0n) is 13.0. The van der Waals surface area contributed by atoms with Crippen molar-refractivity contribution in [3.63, 3.8) is 0 Å². The van der Waals surface area contributed by atoms with Crippen LogP contribution in [-0.2, 0) is 0 Å². The van der Waals surface area contributed by atoms with Crippen LogP contribution in [0.5, 0.6) is 0 Å². The van der Waals surface area contributed by atoms with Crippen LogP contribution in [0.4, 0.5) is 13.2 Å². The minimum Gasteiger partial charge on any atom is -0.347 e. The number of carbonyl (C=O) groups is 2. The predicted octanol–water partition coefficient (Wildman–Crippen LogP) is 2.14. The number of hydrogen-bond acceptors (Lipinski definition) is 3. The maximum Gasteiger partial charge on any atom is 0.272 e. The average molecular weight is 349 g/mol. The Hall–Kier alpha value is -2.90. The van der Waals surface area contributed by atoms with Crippen molar-refractivity contribution in [1.29, 1.82) is 0 Å². The molecule has 1 aromatic carbocycles. The quantitative estimate of drug-likeness (QED) is 0.864. The van der Waals surface area contributed by atoms with Gasteiger partial charge in [0.05, 0.1) is 5.56 Å². The first-order chi connectivity index (χ1) is 12.0. The minimum absolute atomic E-state index is 0.229. The fourth-order valence-corrected chi connectivity index (χ4v) is 2.68. The zero-order valence-corrected chi connectivity index (χ0v) is 13.0. The molecule has 1 aliphatic rings. The van der Waals surface area contributed by atoms with Crippen molar-refractivity contribution in [1.82, 2.24) is 15.2 Å². The molecular weight excluding hydrogens is 335 g/mol. The monoisotopic (exact) mass is 349 g/mol. The molecule has 3 rings (SSSR count). The second kappa shape index (κ2) is 6.92. The normalized spacial score (nSPS) is 16.8. The molecule has 1 unspecified atom stereocenters. The smallest absolute Gasteiger partial charge is 0.272 e. The van der Waals surface area contributed by atoms with Gasteiger partial charge in [-0.15, -0.1) is 0 Å². The molecule has 1 N–H and O–H groups in total. The molecular formula is C17H14F3N3O2. The maximum absolute atomic E-state index is 13.7. The highest BCUT2D eigenvalue weighted by Gasteiger charge is 2.29. The molecule has 1 saturated heterocycles. The van der Waals surface area contributed by atoms with Crippen LogP contribution in [-0.4, -0.2) is 40.8 Å². The molecule has 130 valence electrons. The Morgan fingerprint density at radius 3 is 2.64 bits per heavy atom. The van der Waals surface area contributed by atoms with Crippen LogP contribution in [0.15, 0.2) is 36.5 Å². The summed E-state index contributed by atoms with van der Waals surface area (Å²) in [4.78, 5) is 29.9. The van der Waals surface area contributed by atoms with Crippen LogP contribution >= 0.6 is 0 Å². The molecule has 8 heteroatoms. The number of aromatic nitrogens is 1. The fourth-order valence-electron chi connectivity index (χ4n) is 2.68. The van der Waals surface area contributed by atoms with Crippen molar-refractivity contribution in [3.8, 4) is 0 Å².